The number of fused-ring (bicyclic) bond motifs is 1. The SMILES string of the molecule is O=C(C[C@@H]1CC(=O)N[C@@H](Cc2c[nH]c3ccccc23)C(=O)N[C@@H](Cc2ccccc2)C(=O)N[C@@H](Cc2ccccc2)CNC1=O)NC1OC(CO)C(O)C(O)C1O. The molecule has 6 rings (SSSR count). The first-order valence-corrected chi connectivity index (χ1v) is 18.9. The molecule has 57 heavy (non-hydrogen) atoms. The number of para-hydroxylation sites is 1. The first kappa shape index (κ1) is 41.0. The van der Waals surface area contributed by atoms with Crippen LogP contribution in [-0.2, 0) is 48.0 Å². The van der Waals surface area contributed by atoms with E-state index in [0.717, 1.165) is 22.0 Å². The van der Waals surface area contributed by atoms with E-state index in [4.69, 9.17) is 4.74 Å². The normalized spacial score (nSPS) is 27.7. The lowest BCUT2D eigenvalue weighted by Crippen LogP contribution is -2.63. The molecule has 4 aromatic rings. The lowest BCUT2D eigenvalue weighted by molar-refractivity contribution is -0.236. The Bertz CT molecular complexity index is 2010. The molecule has 9 atom stereocenters. The van der Waals surface area contributed by atoms with E-state index in [9.17, 15) is 44.4 Å². The number of rotatable bonds is 10. The summed E-state index contributed by atoms with van der Waals surface area (Å²) < 4.78 is 5.40. The molecule has 0 bridgehead atoms. The van der Waals surface area contributed by atoms with Crippen molar-refractivity contribution < 1.29 is 49.1 Å². The van der Waals surface area contributed by atoms with Gasteiger partial charge in [-0.1, -0.05) is 78.9 Å². The van der Waals surface area contributed by atoms with E-state index in [0.29, 0.717) is 12.0 Å². The number of amides is 5. The number of aliphatic hydroxyl groups excluding tert-OH is 4. The molecule has 0 radical (unpaired) electrons. The zero-order valence-corrected chi connectivity index (χ0v) is 31.0. The molecule has 5 unspecified atom stereocenters. The Morgan fingerprint density at radius 1 is 0.719 bits per heavy atom. The summed E-state index contributed by atoms with van der Waals surface area (Å²) in [5, 5.41) is 55.0. The summed E-state index contributed by atoms with van der Waals surface area (Å²) in [4.78, 5) is 72.6. The second-order valence-corrected chi connectivity index (χ2v) is 14.5. The molecule has 3 heterocycles. The van der Waals surface area contributed by atoms with Gasteiger partial charge in [0.05, 0.1) is 18.6 Å². The molecule has 2 fully saturated rings. The van der Waals surface area contributed by atoms with Gasteiger partial charge in [0.15, 0.2) is 6.23 Å². The topological polar surface area (TPSA) is 251 Å². The number of nitrogens with one attached hydrogen (secondary N) is 6. The Morgan fingerprint density at radius 3 is 2.05 bits per heavy atom. The van der Waals surface area contributed by atoms with Crippen molar-refractivity contribution in [2.24, 2.45) is 5.92 Å². The van der Waals surface area contributed by atoms with Crippen molar-refractivity contribution in [1.82, 2.24) is 31.6 Å². The van der Waals surface area contributed by atoms with Crippen LogP contribution >= 0.6 is 0 Å². The summed E-state index contributed by atoms with van der Waals surface area (Å²) in [6.45, 7) is -0.815. The van der Waals surface area contributed by atoms with Crippen LogP contribution in [0.25, 0.3) is 10.9 Å². The van der Waals surface area contributed by atoms with Crippen LogP contribution in [0.4, 0.5) is 0 Å². The molecule has 3 aromatic carbocycles. The Kier molecular flexibility index (Phi) is 13.7. The summed E-state index contributed by atoms with van der Waals surface area (Å²) in [7, 11) is 0. The Morgan fingerprint density at radius 2 is 1.35 bits per heavy atom. The van der Waals surface area contributed by atoms with Crippen molar-refractivity contribution >= 4 is 40.4 Å². The number of carbonyl (C=O) groups is 5. The third-order valence-corrected chi connectivity index (χ3v) is 10.3. The highest BCUT2D eigenvalue weighted by molar-refractivity contribution is 5.95. The minimum atomic E-state index is -1.77. The molecule has 2 aliphatic heterocycles. The summed E-state index contributed by atoms with van der Waals surface area (Å²) in [5.41, 5.74) is 3.17. The van der Waals surface area contributed by atoms with Gasteiger partial charge >= 0.3 is 0 Å². The smallest absolute Gasteiger partial charge is 0.243 e. The van der Waals surface area contributed by atoms with Crippen LogP contribution in [0.15, 0.2) is 91.1 Å². The number of hydrogen-bond donors (Lipinski definition) is 10. The molecule has 2 saturated heterocycles. The van der Waals surface area contributed by atoms with Crippen molar-refractivity contribution in [3.63, 3.8) is 0 Å². The lowest BCUT2D eigenvalue weighted by Gasteiger charge is -2.40. The van der Waals surface area contributed by atoms with E-state index < -0.39 is 104 Å². The van der Waals surface area contributed by atoms with Crippen molar-refractivity contribution in [3.05, 3.63) is 108 Å². The third-order valence-electron chi connectivity index (χ3n) is 10.3. The molecule has 5 amide bonds. The van der Waals surface area contributed by atoms with Crippen LogP contribution in [0, 0.1) is 5.92 Å². The fraction of sp³-hybridized carbons (Fsp3) is 0.390. The molecular weight excluding hydrogens is 736 g/mol. The Balaban J connectivity index is 1.29. The maximum atomic E-state index is 14.2. The molecule has 10 N–H and O–H groups in total. The second kappa shape index (κ2) is 19.0. The van der Waals surface area contributed by atoms with Gasteiger partial charge in [-0.3, -0.25) is 24.0 Å². The zero-order chi connectivity index (χ0) is 40.5. The van der Waals surface area contributed by atoms with Crippen LogP contribution in [0.1, 0.15) is 29.5 Å². The zero-order valence-electron chi connectivity index (χ0n) is 31.0. The van der Waals surface area contributed by atoms with Crippen molar-refractivity contribution in [3.8, 4) is 0 Å². The molecule has 16 nitrogen and oxygen atoms in total. The minimum absolute atomic E-state index is 0.0202. The van der Waals surface area contributed by atoms with Gasteiger partial charge in [-0.05, 0) is 29.2 Å². The summed E-state index contributed by atoms with van der Waals surface area (Å²) >= 11 is 0. The molecule has 2 aliphatic rings. The van der Waals surface area contributed by atoms with Gasteiger partial charge in [0.1, 0.15) is 36.5 Å². The standard InChI is InChI=1S/C41H48N6O10/c48-22-32-35(51)36(52)37(53)41(57-32)47-34(50)19-25-18-33(49)45-31(17-26-20-42-29-14-8-7-13-28(26)29)40(56)46-30(16-24-11-5-2-6-12-24)39(55)44-27(21-43-38(25)54)15-23-9-3-1-4-10-23/h1-14,20,25,27,30-32,35-37,41-42,48,51-53H,15-19,21-22H2,(H,43,54)(H,44,55)(H,45,49)(H,46,56)(H,47,50)/t25-,27-,30-,31-,32?,35?,36?,37?,41?/m0/s1. The second-order valence-electron chi connectivity index (χ2n) is 14.5. The van der Waals surface area contributed by atoms with E-state index in [2.05, 4.69) is 31.6 Å². The number of aliphatic hydroxyl groups is 4. The largest absolute Gasteiger partial charge is 0.394 e. The number of ether oxygens (including phenoxy) is 1. The van der Waals surface area contributed by atoms with E-state index in [1.807, 2.05) is 84.9 Å². The molecule has 0 aliphatic carbocycles. The van der Waals surface area contributed by atoms with E-state index in [1.54, 1.807) is 6.20 Å². The average Bonchev–Trinajstić information content (AvgIpc) is 3.62. The van der Waals surface area contributed by atoms with E-state index >= 15 is 0 Å². The van der Waals surface area contributed by atoms with Gasteiger partial charge < -0.3 is 56.7 Å². The number of hydrogen-bond acceptors (Lipinski definition) is 10. The monoisotopic (exact) mass is 784 g/mol. The summed E-state index contributed by atoms with van der Waals surface area (Å²) in [5.74, 6) is -4.72. The van der Waals surface area contributed by atoms with Crippen LogP contribution in [0.3, 0.4) is 0 Å². The van der Waals surface area contributed by atoms with Gasteiger partial charge in [0.25, 0.3) is 0 Å². The van der Waals surface area contributed by atoms with Gasteiger partial charge in [-0.25, -0.2) is 0 Å². The summed E-state index contributed by atoms with van der Waals surface area (Å²) in [6.07, 6.45) is -6.96. The Labute approximate surface area is 328 Å². The highest BCUT2D eigenvalue weighted by Gasteiger charge is 2.44. The van der Waals surface area contributed by atoms with Crippen LogP contribution in [0.5, 0.6) is 0 Å². The van der Waals surface area contributed by atoms with Gasteiger partial charge in [0, 0.05) is 49.3 Å². The van der Waals surface area contributed by atoms with Gasteiger partial charge in [-0.15, -0.1) is 0 Å². The van der Waals surface area contributed by atoms with Gasteiger partial charge in [-0.2, -0.15) is 0 Å². The maximum absolute atomic E-state index is 14.2. The lowest BCUT2D eigenvalue weighted by atomic mass is 9.96. The predicted octanol–water partition coefficient (Wildman–Crippen LogP) is -0.907. The number of aromatic amines is 1. The van der Waals surface area contributed by atoms with Crippen molar-refractivity contribution in [2.45, 2.75) is 80.9 Å². The first-order valence-electron chi connectivity index (χ1n) is 18.9. The number of benzene rings is 3. The average molecular weight is 785 g/mol. The number of carbonyl (C=O) groups excluding carboxylic acids is 5. The summed E-state index contributed by atoms with van der Waals surface area (Å²) in [6, 6.07) is 22.9. The van der Waals surface area contributed by atoms with E-state index in [-0.39, 0.29) is 19.4 Å². The number of aromatic nitrogens is 1. The van der Waals surface area contributed by atoms with E-state index in [1.165, 1.54) is 0 Å². The third kappa shape index (κ3) is 10.6. The molecule has 0 spiro atoms. The highest BCUT2D eigenvalue weighted by atomic mass is 16.6. The molecule has 302 valence electrons. The first-order chi connectivity index (χ1) is 27.5. The molecule has 0 saturated carbocycles. The minimum Gasteiger partial charge on any atom is -0.394 e. The van der Waals surface area contributed by atoms with Gasteiger partial charge in [0.2, 0.25) is 29.5 Å². The van der Waals surface area contributed by atoms with Crippen LogP contribution < -0.4 is 26.6 Å². The predicted molar refractivity (Wildman–Crippen MR) is 206 cm³/mol. The maximum Gasteiger partial charge on any atom is 0.243 e. The fourth-order valence-corrected chi connectivity index (χ4v) is 7.20. The highest BCUT2D eigenvalue weighted by Crippen LogP contribution is 2.22. The number of H-pyrrole nitrogens is 1. The van der Waals surface area contributed by atoms with Crippen LogP contribution in [-0.4, -0.2) is 117 Å². The Hall–Kier alpha value is -5.65. The van der Waals surface area contributed by atoms with Crippen molar-refractivity contribution in [2.75, 3.05) is 13.2 Å². The quantitative estimate of drug-likeness (QED) is 0.0949. The molecule has 16 heteroatoms. The molecular formula is C41H48N6O10. The van der Waals surface area contributed by atoms with Crippen LogP contribution in [0.2, 0.25) is 0 Å². The van der Waals surface area contributed by atoms with Crippen molar-refractivity contribution in [1.29, 1.82) is 0 Å². The fourth-order valence-electron chi connectivity index (χ4n) is 7.20. The molecule has 1 aromatic heterocycles.